The summed E-state index contributed by atoms with van der Waals surface area (Å²) in [5.41, 5.74) is 8.98. The molecular formula is C12H14N4. The van der Waals surface area contributed by atoms with Gasteiger partial charge in [-0.1, -0.05) is 6.07 Å². The summed E-state index contributed by atoms with van der Waals surface area (Å²) in [6.45, 7) is 3.89. The summed E-state index contributed by atoms with van der Waals surface area (Å²) in [4.78, 5) is 12.6. The van der Waals surface area contributed by atoms with E-state index in [1.54, 1.807) is 18.6 Å². The topological polar surface area (TPSA) is 64.7 Å². The molecule has 1 unspecified atom stereocenters. The van der Waals surface area contributed by atoms with Crippen LogP contribution in [0.1, 0.15) is 28.7 Å². The van der Waals surface area contributed by atoms with Gasteiger partial charge in [0.15, 0.2) is 0 Å². The number of pyridine rings is 1. The SMILES string of the molecule is Cc1cnc(C(N)c2ccc(C)nc2)nc1. The van der Waals surface area contributed by atoms with Gasteiger partial charge in [-0.25, -0.2) is 9.97 Å². The first-order valence-corrected chi connectivity index (χ1v) is 5.13. The smallest absolute Gasteiger partial charge is 0.149 e. The maximum atomic E-state index is 6.05. The molecule has 0 fully saturated rings. The molecule has 0 amide bonds. The molecule has 16 heavy (non-hydrogen) atoms. The maximum absolute atomic E-state index is 6.05. The molecule has 0 spiro atoms. The predicted octanol–water partition coefficient (Wildman–Crippen LogP) is 1.54. The molecule has 2 aromatic heterocycles. The lowest BCUT2D eigenvalue weighted by Gasteiger charge is -2.10. The molecule has 0 bridgehead atoms. The van der Waals surface area contributed by atoms with Gasteiger partial charge in [0, 0.05) is 24.3 Å². The van der Waals surface area contributed by atoms with Crippen LogP contribution in [0.4, 0.5) is 0 Å². The molecule has 0 aliphatic rings. The molecule has 0 aliphatic heterocycles. The van der Waals surface area contributed by atoms with E-state index in [-0.39, 0.29) is 6.04 Å². The third kappa shape index (κ3) is 2.23. The number of nitrogens with two attached hydrogens (primary N) is 1. The summed E-state index contributed by atoms with van der Waals surface area (Å²) >= 11 is 0. The second-order valence-electron chi connectivity index (χ2n) is 3.83. The highest BCUT2D eigenvalue weighted by Crippen LogP contribution is 2.14. The van der Waals surface area contributed by atoms with Crippen molar-refractivity contribution >= 4 is 0 Å². The van der Waals surface area contributed by atoms with Gasteiger partial charge >= 0.3 is 0 Å². The quantitative estimate of drug-likeness (QED) is 0.823. The Hall–Kier alpha value is -1.81. The lowest BCUT2D eigenvalue weighted by atomic mass is 10.1. The highest BCUT2D eigenvalue weighted by atomic mass is 14.9. The van der Waals surface area contributed by atoms with E-state index in [1.165, 1.54) is 0 Å². The van der Waals surface area contributed by atoms with Crippen molar-refractivity contribution in [3.05, 3.63) is 53.4 Å². The van der Waals surface area contributed by atoms with Crippen LogP contribution in [0.15, 0.2) is 30.7 Å². The number of aromatic nitrogens is 3. The predicted molar refractivity (Wildman–Crippen MR) is 61.8 cm³/mol. The molecular weight excluding hydrogens is 200 g/mol. The molecule has 2 rings (SSSR count). The standard InChI is InChI=1S/C12H14N4/c1-8-5-15-12(16-6-8)11(13)10-4-3-9(2)14-7-10/h3-7,11H,13H2,1-2H3. The summed E-state index contributed by atoms with van der Waals surface area (Å²) < 4.78 is 0. The zero-order valence-corrected chi connectivity index (χ0v) is 9.38. The van der Waals surface area contributed by atoms with E-state index >= 15 is 0 Å². The normalized spacial score (nSPS) is 12.4. The molecule has 4 heteroatoms. The molecule has 2 N–H and O–H groups in total. The van der Waals surface area contributed by atoms with Crippen LogP contribution in [-0.4, -0.2) is 15.0 Å². The molecule has 0 aromatic carbocycles. The summed E-state index contributed by atoms with van der Waals surface area (Å²) in [7, 11) is 0. The summed E-state index contributed by atoms with van der Waals surface area (Å²) in [6.07, 6.45) is 5.30. The van der Waals surface area contributed by atoms with Gasteiger partial charge in [0.1, 0.15) is 5.82 Å². The van der Waals surface area contributed by atoms with Gasteiger partial charge in [0.2, 0.25) is 0 Å². The number of aryl methyl sites for hydroxylation is 2. The Balaban J connectivity index is 2.28. The van der Waals surface area contributed by atoms with Crippen LogP contribution in [0.2, 0.25) is 0 Å². The number of nitrogens with zero attached hydrogens (tertiary/aromatic N) is 3. The van der Waals surface area contributed by atoms with Gasteiger partial charge in [0.25, 0.3) is 0 Å². The minimum Gasteiger partial charge on any atom is -0.318 e. The second kappa shape index (κ2) is 4.37. The van der Waals surface area contributed by atoms with E-state index in [1.807, 2.05) is 26.0 Å². The average Bonchev–Trinajstić information content (AvgIpc) is 2.30. The van der Waals surface area contributed by atoms with E-state index in [4.69, 9.17) is 5.73 Å². The highest BCUT2D eigenvalue weighted by molar-refractivity contribution is 5.22. The number of rotatable bonds is 2. The van der Waals surface area contributed by atoms with E-state index in [0.29, 0.717) is 5.82 Å². The average molecular weight is 214 g/mol. The van der Waals surface area contributed by atoms with Crippen LogP contribution >= 0.6 is 0 Å². The third-order valence-corrected chi connectivity index (χ3v) is 2.37. The highest BCUT2D eigenvalue weighted by Gasteiger charge is 2.11. The van der Waals surface area contributed by atoms with Crippen molar-refractivity contribution in [2.75, 3.05) is 0 Å². The van der Waals surface area contributed by atoms with Gasteiger partial charge in [-0.15, -0.1) is 0 Å². The summed E-state index contributed by atoms with van der Waals surface area (Å²) in [5, 5.41) is 0. The molecule has 0 saturated carbocycles. The van der Waals surface area contributed by atoms with Crippen LogP contribution in [0.25, 0.3) is 0 Å². The molecule has 2 heterocycles. The van der Waals surface area contributed by atoms with Crippen molar-refractivity contribution < 1.29 is 0 Å². The molecule has 0 aliphatic carbocycles. The van der Waals surface area contributed by atoms with Crippen LogP contribution in [0.5, 0.6) is 0 Å². The van der Waals surface area contributed by atoms with Crippen molar-refractivity contribution in [2.45, 2.75) is 19.9 Å². The van der Waals surface area contributed by atoms with Crippen LogP contribution < -0.4 is 5.73 Å². The minimum absolute atomic E-state index is 0.311. The lowest BCUT2D eigenvalue weighted by molar-refractivity contribution is 0.772. The van der Waals surface area contributed by atoms with Crippen LogP contribution in [-0.2, 0) is 0 Å². The Bertz CT molecular complexity index is 416. The second-order valence-corrected chi connectivity index (χ2v) is 3.83. The Kier molecular flexibility index (Phi) is 2.92. The van der Waals surface area contributed by atoms with Crippen molar-refractivity contribution in [1.29, 1.82) is 0 Å². The first kappa shape index (κ1) is 10.7. The molecule has 0 saturated heterocycles. The summed E-state index contributed by atoms with van der Waals surface area (Å²) in [5.74, 6) is 0.622. The number of hydrogen-bond acceptors (Lipinski definition) is 4. The van der Waals surface area contributed by atoms with Gasteiger partial charge in [-0.2, -0.15) is 0 Å². The van der Waals surface area contributed by atoms with Crippen molar-refractivity contribution in [3.63, 3.8) is 0 Å². The molecule has 1 atom stereocenters. The summed E-state index contributed by atoms with van der Waals surface area (Å²) in [6, 6.07) is 3.58. The molecule has 82 valence electrons. The van der Waals surface area contributed by atoms with E-state index in [0.717, 1.165) is 16.8 Å². The maximum Gasteiger partial charge on any atom is 0.149 e. The fraction of sp³-hybridized carbons (Fsp3) is 0.250. The zero-order valence-electron chi connectivity index (χ0n) is 9.38. The zero-order chi connectivity index (χ0) is 11.5. The molecule has 2 aromatic rings. The van der Waals surface area contributed by atoms with Crippen LogP contribution in [0.3, 0.4) is 0 Å². The molecule has 4 nitrogen and oxygen atoms in total. The largest absolute Gasteiger partial charge is 0.318 e. The third-order valence-electron chi connectivity index (χ3n) is 2.37. The lowest BCUT2D eigenvalue weighted by Crippen LogP contribution is -2.15. The monoisotopic (exact) mass is 214 g/mol. The first-order chi connectivity index (χ1) is 7.66. The van der Waals surface area contributed by atoms with Gasteiger partial charge in [0.05, 0.1) is 6.04 Å². The van der Waals surface area contributed by atoms with Gasteiger partial charge < -0.3 is 5.73 Å². The Morgan fingerprint density at radius 1 is 1.00 bits per heavy atom. The van der Waals surface area contributed by atoms with Crippen molar-refractivity contribution in [1.82, 2.24) is 15.0 Å². The van der Waals surface area contributed by atoms with E-state index in [9.17, 15) is 0 Å². The number of hydrogen-bond donors (Lipinski definition) is 1. The van der Waals surface area contributed by atoms with Gasteiger partial charge in [-0.3, -0.25) is 4.98 Å². The fourth-order valence-corrected chi connectivity index (χ4v) is 1.38. The van der Waals surface area contributed by atoms with E-state index in [2.05, 4.69) is 15.0 Å². The minimum atomic E-state index is -0.311. The Labute approximate surface area is 94.6 Å². The molecule has 0 radical (unpaired) electrons. The van der Waals surface area contributed by atoms with Crippen molar-refractivity contribution in [3.8, 4) is 0 Å². The fourth-order valence-electron chi connectivity index (χ4n) is 1.38. The Morgan fingerprint density at radius 2 is 1.69 bits per heavy atom. The van der Waals surface area contributed by atoms with E-state index < -0.39 is 0 Å². The van der Waals surface area contributed by atoms with Crippen molar-refractivity contribution in [2.24, 2.45) is 5.73 Å². The first-order valence-electron chi connectivity index (χ1n) is 5.13. The van der Waals surface area contributed by atoms with Crippen LogP contribution in [0, 0.1) is 13.8 Å². The Morgan fingerprint density at radius 3 is 2.25 bits per heavy atom. The van der Waals surface area contributed by atoms with Gasteiger partial charge in [-0.05, 0) is 31.0 Å².